The second kappa shape index (κ2) is 6.17. The highest BCUT2D eigenvalue weighted by atomic mass is 32.2. The Kier molecular flexibility index (Phi) is 4.52. The van der Waals surface area contributed by atoms with E-state index in [0.717, 1.165) is 23.9 Å². The van der Waals surface area contributed by atoms with Crippen LogP contribution in [0.3, 0.4) is 0 Å². The summed E-state index contributed by atoms with van der Waals surface area (Å²) in [4.78, 5) is 0. The smallest absolute Gasteiger partial charge is 0.229 e. The molecule has 2 aromatic rings. The maximum atomic E-state index is 11.2. The highest BCUT2D eigenvalue weighted by Gasteiger charge is 2.11. The van der Waals surface area contributed by atoms with Gasteiger partial charge in [-0.1, -0.05) is 6.92 Å². The third kappa shape index (κ3) is 4.49. The summed E-state index contributed by atoms with van der Waals surface area (Å²) in [6, 6.07) is 7.35. The van der Waals surface area contributed by atoms with E-state index in [4.69, 9.17) is 0 Å². The molecule has 2 rings (SSSR count). The zero-order chi connectivity index (χ0) is 15.5. The number of anilines is 2. The summed E-state index contributed by atoms with van der Waals surface area (Å²) >= 11 is 0. The second-order valence-electron chi connectivity index (χ2n) is 5.00. The summed E-state index contributed by atoms with van der Waals surface area (Å²) in [5.41, 5.74) is 2.61. The summed E-state index contributed by atoms with van der Waals surface area (Å²) in [5.74, 6) is 0. The molecule has 1 atom stereocenters. The lowest BCUT2D eigenvalue weighted by atomic mass is 10.1. The topological polar surface area (TPSA) is 76.0 Å². The van der Waals surface area contributed by atoms with Gasteiger partial charge in [0.1, 0.15) is 0 Å². The third-order valence-electron chi connectivity index (χ3n) is 3.06. The van der Waals surface area contributed by atoms with Crippen LogP contribution in [-0.2, 0) is 17.1 Å². The average Bonchev–Trinajstić information content (AvgIpc) is 2.82. The first-order valence-corrected chi connectivity index (χ1v) is 8.59. The molecule has 0 bridgehead atoms. The van der Waals surface area contributed by atoms with Gasteiger partial charge < -0.3 is 5.32 Å². The van der Waals surface area contributed by atoms with Crippen molar-refractivity contribution < 1.29 is 8.42 Å². The standard InChI is InChI=1S/C14H20N4O2S/c1-4-14(11-9-15-18(2)10-11)16-12-5-7-13(8-6-12)17-21(3,19)20/h5-10,14,16-17H,4H2,1-3H3/t14-/m0/s1. The number of sulfonamides is 1. The monoisotopic (exact) mass is 308 g/mol. The van der Waals surface area contributed by atoms with Crippen molar-refractivity contribution >= 4 is 21.4 Å². The predicted molar refractivity (Wildman–Crippen MR) is 84.8 cm³/mol. The Hall–Kier alpha value is -2.02. The van der Waals surface area contributed by atoms with Crippen molar-refractivity contribution in [2.75, 3.05) is 16.3 Å². The van der Waals surface area contributed by atoms with Gasteiger partial charge in [-0.05, 0) is 30.7 Å². The van der Waals surface area contributed by atoms with E-state index in [0.29, 0.717) is 5.69 Å². The van der Waals surface area contributed by atoms with Gasteiger partial charge in [0, 0.05) is 30.2 Å². The minimum atomic E-state index is -3.24. The van der Waals surface area contributed by atoms with Crippen LogP contribution in [0.25, 0.3) is 0 Å². The van der Waals surface area contributed by atoms with Crippen LogP contribution in [0.5, 0.6) is 0 Å². The molecule has 7 heteroatoms. The molecule has 6 nitrogen and oxygen atoms in total. The lowest BCUT2D eigenvalue weighted by Gasteiger charge is -2.17. The normalized spacial score (nSPS) is 12.9. The molecule has 0 radical (unpaired) electrons. The first-order chi connectivity index (χ1) is 9.87. The molecule has 0 amide bonds. The van der Waals surface area contributed by atoms with E-state index in [1.807, 2.05) is 31.6 Å². The summed E-state index contributed by atoms with van der Waals surface area (Å²) < 4.78 is 26.5. The molecule has 0 saturated carbocycles. The fraction of sp³-hybridized carbons (Fsp3) is 0.357. The van der Waals surface area contributed by atoms with Crippen LogP contribution in [0.2, 0.25) is 0 Å². The first kappa shape index (κ1) is 15.4. The van der Waals surface area contributed by atoms with Crippen LogP contribution in [0.15, 0.2) is 36.7 Å². The first-order valence-electron chi connectivity index (χ1n) is 6.70. The van der Waals surface area contributed by atoms with Crippen LogP contribution in [0.1, 0.15) is 24.9 Å². The fourth-order valence-corrected chi connectivity index (χ4v) is 2.66. The Morgan fingerprint density at radius 1 is 1.24 bits per heavy atom. The minimum Gasteiger partial charge on any atom is -0.378 e. The van der Waals surface area contributed by atoms with Crippen molar-refractivity contribution in [2.24, 2.45) is 7.05 Å². The Labute approximate surface area is 125 Å². The van der Waals surface area contributed by atoms with Crippen molar-refractivity contribution in [3.8, 4) is 0 Å². The molecule has 1 aromatic carbocycles. The number of rotatable bonds is 6. The number of hydrogen-bond donors (Lipinski definition) is 2. The lowest BCUT2D eigenvalue weighted by Crippen LogP contribution is -2.10. The fourth-order valence-electron chi connectivity index (χ4n) is 2.09. The van der Waals surface area contributed by atoms with E-state index >= 15 is 0 Å². The SMILES string of the molecule is CC[C@H](Nc1ccc(NS(C)(=O)=O)cc1)c1cnn(C)c1. The van der Waals surface area contributed by atoms with Gasteiger partial charge in [-0.2, -0.15) is 5.10 Å². The van der Waals surface area contributed by atoms with E-state index in [1.165, 1.54) is 0 Å². The van der Waals surface area contributed by atoms with Gasteiger partial charge in [-0.3, -0.25) is 9.40 Å². The van der Waals surface area contributed by atoms with Gasteiger partial charge >= 0.3 is 0 Å². The van der Waals surface area contributed by atoms with Crippen LogP contribution < -0.4 is 10.0 Å². The van der Waals surface area contributed by atoms with Gasteiger partial charge in [-0.25, -0.2) is 8.42 Å². The van der Waals surface area contributed by atoms with Crippen molar-refractivity contribution in [3.63, 3.8) is 0 Å². The Morgan fingerprint density at radius 2 is 1.86 bits per heavy atom. The molecular weight excluding hydrogens is 288 g/mol. The molecule has 114 valence electrons. The van der Waals surface area contributed by atoms with Gasteiger partial charge in [-0.15, -0.1) is 0 Å². The molecule has 0 aliphatic rings. The summed E-state index contributed by atoms with van der Waals surface area (Å²) in [6.45, 7) is 2.10. The summed E-state index contributed by atoms with van der Waals surface area (Å²) in [5, 5.41) is 7.60. The summed E-state index contributed by atoms with van der Waals surface area (Å²) in [6.07, 6.45) is 5.89. The van der Waals surface area contributed by atoms with Gasteiger partial charge in [0.15, 0.2) is 0 Å². The van der Waals surface area contributed by atoms with E-state index in [1.54, 1.807) is 16.8 Å². The molecule has 0 aliphatic carbocycles. The Morgan fingerprint density at radius 3 is 2.33 bits per heavy atom. The molecule has 0 aliphatic heterocycles. The van der Waals surface area contributed by atoms with Gasteiger partial charge in [0.2, 0.25) is 10.0 Å². The summed E-state index contributed by atoms with van der Waals surface area (Å²) in [7, 11) is -1.35. The van der Waals surface area contributed by atoms with Crippen LogP contribution in [0.4, 0.5) is 11.4 Å². The van der Waals surface area contributed by atoms with Crippen LogP contribution >= 0.6 is 0 Å². The molecule has 1 heterocycles. The average molecular weight is 308 g/mol. The van der Waals surface area contributed by atoms with Gasteiger partial charge in [0.05, 0.1) is 18.5 Å². The van der Waals surface area contributed by atoms with E-state index in [9.17, 15) is 8.42 Å². The predicted octanol–water partition coefficient (Wildman–Crippen LogP) is 2.35. The maximum absolute atomic E-state index is 11.2. The van der Waals surface area contributed by atoms with E-state index in [-0.39, 0.29) is 6.04 Å². The number of hydrogen-bond acceptors (Lipinski definition) is 4. The van der Waals surface area contributed by atoms with Crippen LogP contribution in [0, 0.1) is 0 Å². The highest BCUT2D eigenvalue weighted by molar-refractivity contribution is 7.92. The van der Waals surface area contributed by atoms with Crippen LogP contribution in [-0.4, -0.2) is 24.5 Å². The Bertz CT molecular complexity index is 692. The molecule has 0 spiro atoms. The number of nitrogens with zero attached hydrogens (tertiary/aromatic N) is 2. The maximum Gasteiger partial charge on any atom is 0.229 e. The third-order valence-corrected chi connectivity index (χ3v) is 3.67. The molecule has 1 aromatic heterocycles. The molecule has 0 unspecified atom stereocenters. The molecule has 0 saturated heterocycles. The minimum absolute atomic E-state index is 0.174. The lowest BCUT2D eigenvalue weighted by molar-refractivity contribution is 0.607. The highest BCUT2D eigenvalue weighted by Crippen LogP contribution is 2.23. The zero-order valence-corrected chi connectivity index (χ0v) is 13.2. The number of benzene rings is 1. The second-order valence-corrected chi connectivity index (χ2v) is 6.75. The Balaban J connectivity index is 2.08. The van der Waals surface area contributed by atoms with Crippen molar-refractivity contribution in [3.05, 3.63) is 42.2 Å². The zero-order valence-electron chi connectivity index (χ0n) is 12.4. The number of nitrogens with one attached hydrogen (secondary N) is 2. The molecule has 2 N–H and O–H groups in total. The van der Waals surface area contributed by atoms with Gasteiger partial charge in [0.25, 0.3) is 0 Å². The molecule has 21 heavy (non-hydrogen) atoms. The number of aromatic nitrogens is 2. The molecular formula is C14H20N4O2S. The van der Waals surface area contributed by atoms with Crippen molar-refractivity contribution in [2.45, 2.75) is 19.4 Å². The quantitative estimate of drug-likeness (QED) is 0.859. The van der Waals surface area contributed by atoms with E-state index in [2.05, 4.69) is 22.1 Å². The molecule has 0 fully saturated rings. The van der Waals surface area contributed by atoms with Crippen molar-refractivity contribution in [1.82, 2.24) is 9.78 Å². The number of aryl methyl sites for hydroxylation is 1. The van der Waals surface area contributed by atoms with Crippen molar-refractivity contribution in [1.29, 1.82) is 0 Å². The van der Waals surface area contributed by atoms with E-state index < -0.39 is 10.0 Å². The largest absolute Gasteiger partial charge is 0.378 e.